The fourth-order valence-electron chi connectivity index (χ4n) is 2.84. The largest absolute Gasteiger partial charge is 0.484 e. The number of hydrogen-bond donors (Lipinski definition) is 1. The third kappa shape index (κ3) is 6.89. The minimum atomic E-state index is -0.601. The summed E-state index contributed by atoms with van der Waals surface area (Å²) in [5, 5.41) is 2.87. The monoisotopic (exact) mass is 460 g/mol. The number of carbonyl (C=O) groups is 2. The molecule has 5 nitrogen and oxygen atoms in total. The van der Waals surface area contributed by atoms with Gasteiger partial charge in [-0.1, -0.05) is 41.1 Å². The van der Waals surface area contributed by atoms with E-state index in [9.17, 15) is 9.59 Å². The van der Waals surface area contributed by atoms with Crippen molar-refractivity contribution in [2.75, 3.05) is 13.2 Å². The van der Waals surface area contributed by atoms with Crippen molar-refractivity contribution >= 4 is 27.7 Å². The quantitative estimate of drug-likeness (QED) is 0.603. The maximum atomic E-state index is 13.0. The molecule has 1 N–H and O–H groups in total. The second-order valence-corrected chi connectivity index (χ2v) is 8.07. The molecule has 0 saturated carbocycles. The number of benzene rings is 2. The first kappa shape index (κ1) is 22.9. The lowest BCUT2D eigenvalue weighted by Crippen LogP contribution is -2.49. The average molecular weight is 461 g/mol. The van der Waals surface area contributed by atoms with Gasteiger partial charge in [-0.05, 0) is 68.1 Å². The van der Waals surface area contributed by atoms with E-state index in [-0.39, 0.29) is 18.4 Å². The van der Waals surface area contributed by atoms with E-state index in [1.54, 1.807) is 11.8 Å². The van der Waals surface area contributed by atoms with Crippen LogP contribution in [-0.2, 0) is 16.1 Å². The molecular formula is C23H29BrN2O3. The number of ether oxygens (including phenoxy) is 1. The van der Waals surface area contributed by atoms with E-state index in [4.69, 9.17) is 4.74 Å². The van der Waals surface area contributed by atoms with Gasteiger partial charge in [0.05, 0.1) is 0 Å². The number of carbonyl (C=O) groups excluding carboxylic acids is 2. The van der Waals surface area contributed by atoms with Crippen molar-refractivity contribution < 1.29 is 14.3 Å². The molecule has 0 saturated heterocycles. The van der Waals surface area contributed by atoms with Crippen LogP contribution in [0.2, 0.25) is 0 Å². The van der Waals surface area contributed by atoms with Gasteiger partial charge in [0.1, 0.15) is 11.8 Å². The molecule has 0 aliphatic carbocycles. The number of hydrogen-bond acceptors (Lipinski definition) is 3. The fraction of sp³-hybridized carbons (Fsp3) is 0.391. The van der Waals surface area contributed by atoms with Crippen molar-refractivity contribution in [2.24, 2.45) is 0 Å². The van der Waals surface area contributed by atoms with Crippen LogP contribution >= 0.6 is 15.9 Å². The lowest BCUT2D eigenvalue weighted by molar-refractivity contribution is -0.142. The van der Waals surface area contributed by atoms with Gasteiger partial charge in [-0.3, -0.25) is 9.59 Å². The summed E-state index contributed by atoms with van der Waals surface area (Å²) in [4.78, 5) is 27.1. The van der Waals surface area contributed by atoms with Gasteiger partial charge in [-0.25, -0.2) is 0 Å². The van der Waals surface area contributed by atoms with E-state index in [2.05, 4.69) is 21.2 Å². The number of aryl methyl sites for hydroxylation is 2. The molecule has 0 aliphatic rings. The minimum Gasteiger partial charge on any atom is -0.484 e. The van der Waals surface area contributed by atoms with Gasteiger partial charge >= 0.3 is 0 Å². The van der Waals surface area contributed by atoms with Crippen LogP contribution < -0.4 is 10.1 Å². The lowest BCUT2D eigenvalue weighted by Gasteiger charge is -2.28. The molecule has 156 valence electrons. The van der Waals surface area contributed by atoms with Crippen LogP contribution in [0.25, 0.3) is 0 Å². The zero-order chi connectivity index (χ0) is 21.4. The summed E-state index contributed by atoms with van der Waals surface area (Å²) < 4.78 is 6.65. The van der Waals surface area contributed by atoms with E-state index in [0.717, 1.165) is 22.0 Å². The molecule has 1 atom stereocenters. The van der Waals surface area contributed by atoms with Crippen LogP contribution in [0.3, 0.4) is 0 Å². The molecule has 6 heteroatoms. The Morgan fingerprint density at radius 1 is 1.14 bits per heavy atom. The van der Waals surface area contributed by atoms with Gasteiger partial charge in [0.15, 0.2) is 6.61 Å². The highest BCUT2D eigenvalue weighted by molar-refractivity contribution is 9.10. The van der Waals surface area contributed by atoms with Gasteiger partial charge in [-0.15, -0.1) is 0 Å². The van der Waals surface area contributed by atoms with Gasteiger partial charge in [0.2, 0.25) is 5.91 Å². The first-order chi connectivity index (χ1) is 13.8. The molecule has 0 spiro atoms. The lowest BCUT2D eigenvalue weighted by atomic mass is 10.1. The number of nitrogens with one attached hydrogen (secondary N) is 1. The molecule has 29 heavy (non-hydrogen) atoms. The van der Waals surface area contributed by atoms with Crippen LogP contribution in [0.1, 0.15) is 37.0 Å². The van der Waals surface area contributed by atoms with Crippen molar-refractivity contribution in [3.63, 3.8) is 0 Å². The summed E-state index contributed by atoms with van der Waals surface area (Å²) >= 11 is 3.46. The maximum absolute atomic E-state index is 13.0. The third-order valence-corrected chi connectivity index (χ3v) is 5.29. The first-order valence-electron chi connectivity index (χ1n) is 9.83. The Morgan fingerprint density at radius 3 is 2.55 bits per heavy atom. The van der Waals surface area contributed by atoms with Crippen LogP contribution in [0.15, 0.2) is 46.9 Å². The highest BCUT2D eigenvalue weighted by Crippen LogP contribution is 2.18. The molecular weight excluding hydrogens is 432 g/mol. The summed E-state index contributed by atoms with van der Waals surface area (Å²) in [6, 6.07) is 12.9. The zero-order valence-corrected chi connectivity index (χ0v) is 19.1. The van der Waals surface area contributed by atoms with Crippen molar-refractivity contribution in [1.29, 1.82) is 0 Å². The Balaban J connectivity index is 2.14. The molecule has 0 aliphatic heterocycles. The van der Waals surface area contributed by atoms with Crippen molar-refractivity contribution in [2.45, 2.75) is 46.7 Å². The molecule has 2 aromatic rings. The number of nitrogens with zero attached hydrogens (tertiary/aromatic N) is 1. The summed E-state index contributed by atoms with van der Waals surface area (Å²) in [5.41, 5.74) is 3.21. The summed E-state index contributed by atoms with van der Waals surface area (Å²) in [7, 11) is 0. The van der Waals surface area contributed by atoms with Crippen molar-refractivity contribution in [3.05, 3.63) is 63.6 Å². The number of halogens is 1. The maximum Gasteiger partial charge on any atom is 0.261 e. The fourth-order valence-corrected chi connectivity index (χ4v) is 3.29. The molecule has 0 heterocycles. The molecule has 2 rings (SSSR count). The van der Waals surface area contributed by atoms with Gasteiger partial charge in [-0.2, -0.15) is 0 Å². The molecule has 0 radical (unpaired) electrons. The Bertz CT molecular complexity index is 854. The highest BCUT2D eigenvalue weighted by Gasteiger charge is 2.26. The molecule has 0 fully saturated rings. The predicted octanol–water partition coefficient (Wildman–Crippen LogP) is 4.39. The van der Waals surface area contributed by atoms with Gasteiger partial charge in [0.25, 0.3) is 5.91 Å². The minimum absolute atomic E-state index is 0.123. The normalized spacial score (nSPS) is 11.6. The van der Waals surface area contributed by atoms with Crippen molar-refractivity contribution in [1.82, 2.24) is 10.2 Å². The Labute approximate surface area is 181 Å². The Hall–Kier alpha value is -2.34. The summed E-state index contributed by atoms with van der Waals surface area (Å²) in [5.74, 6) is 0.246. The third-order valence-electron chi connectivity index (χ3n) is 4.80. The van der Waals surface area contributed by atoms with E-state index in [0.29, 0.717) is 18.8 Å². The Kier molecular flexibility index (Phi) is 8.70. The molecule has 1 unspecified atom stereocenters. The second-order valence-electron chi connectivity index (χ2n) is 7.15. The van der Waals surface area contributed by atoms with Crippen LogP contribution in [0, 0.1) is 13.8 Å². The number of amides is 2. The molecule has 2 aromatic carbocycles. The Morgan fingerprint density at radius 2 is 1.90 bits per heavy atom. The van der Waals surface area contributed by atoms with E-state index >= 15 is 0 Å². The summed E-state index contributed by atoms with van der Waals surface area (Å²) in [6.07, 6.45) is 0.841. The highest BCUT2D eigenvalue weighted by atomic mass is 79.9. The van der Waals surface area contributed by atoms with Crippen LogP contribution in [-0.4, -0.2) is 35.9 Å². The molecule has 0 aromatic heterocycles. The molecule has 2 amide bonds. The van der Waals surface area contributed by atoms with E-state index in [1.165, 1.54) is 5.56 Å². The van der Waals surface area contributed by atoms with E-state index < -0.39 is 6.04 Å². The van der Waals surface area contributed by atoms with Crippen LogP contribution in [0.5, 0.6) is 5.75 Å². The topological polar surface area (TPSA) is 58.6 Å². The second kappa shape index (κ2) is 11.0. The van der Waals surface area contributed by atoms with Gasteiger partial charge in [0, 0.05) is 17.6 Å². The molecule has 0 bridgehead atoms. The smallest absolute Gasteiger partial charge is 0.261 e. The van der Waals surface area contributed by atoms with Crippen molar-refractivity contribution in [3.8, 4) is 5.75 Å². The predicted molar refractivity (Wildman–Crippen MR) is 119 cm³/mol. The summed E-state index contributed by atoms with van der Waals surface area (Å²) in [6.45, 7) is 8.56. The first-order valence-corrected chi connectivity index (χ1v) is 10.6. The standard InChI is InChI=1S/C23H29BrN2O3/c1-5-11-25-23(28)18(4)26(14-19-7-6-8-20(24)13-19)22(27)15-29-21-10-9-16(2)17(3)12-21/h6-10,12-13,18H,5,11,14-15H2,1-4H3,(H,25,28). The van der Waals surface area contributed by atoms with Gasteiger partial charge < -0.3 is 15.0 Å². The average Bonchev–Trinajstić information content (AvgIpc) is 2.70. The SMILES string of the molecule is CCCNC(=O)C(C)N(Cc1cccc(Br)c1)C(=O)COc1ccc(C)c(C)c1. The number of rotatable bonds is 9. The van der Waals surface area contributed by atoms with E-state index in [1.807, 2.05) is 63.2 Å². The zero-order valence-electron chi connectivity index (χ0n) is 17.5. The van der Waals surface area contributed by atoms with Crippen LogP contribution in [0.4, 0.5) is 0 Å².